The van der Waals surface area contributed by atoms with Gasteiger partial charge in [0.2, 0.25) is 5.89 Å². The molecule has 3 heterocycles. The first-order chi connectivity index (χ1) is 12.1. The molecular weight excluding hydrogens is 354 g/mol. The summed E-state index contributed by atoms with van der Waals surface area (Å²) in [4.78, 5) is 17.0. The third-order valence-electron chi connectivity index (χ3n) is 4.42. The van der Waals surface area contributed by atoms with Crippen LogP contribution in [0.4, 0.5) is 5.69 Å². The number of anilines is 1. The third kappa shape index (κ3) is 3.36. The number of hydrogen-bond acceptors (Lipinski definition) is 5. The number of aryl methyl sites for hydroxylation is 2. The highest BCUT2D eigenvalue weighted by Crippen LogP contribution is 2.24. The van der Waals surface area contributed by atoms with Gasteiger partial charge in [0, 0.05) is 42.0 Å². The maximum atomic E-state index is 12.6. The zero-order valence-electron chi connectivity index (χ0n) is 14.5. The van der Waals surface area contributed by atoms with Gasteiger partial charge in [0.25, 0.3) is 5.91 Å². The van der Waals surface area contributed by atoms with Gasteiger partial charge >= 0.3 is 0 Å². The number of aromatic amines is 1. The van der Waals surface area contributed by atoms with Gasteiger partial charge in [-0.1, -0.05) is 6.07 Å². The van der Waals surface area contributed by atoms with E-state index in [1.807, 2.05) is 38.1 Å². The van der Waals surface area contributed by atoms with E-state index in [0.717, 1.165) is 41.2 Å². The van der Waals surface area contributed by atoms with Gasteiger partial charge in [-0.25, -0.2) is 4.98 Å². The van der Waals surface area contributed by atoms with Crippen LogP contribution in [0.5, 0.6) is 0 Å². The van der Waals surface area contributed by atoms with Crippen LogP contribution in [0, 0.1) is 13.8 Å². The predicted octanol–water partition coefficient (Wildman–Crippen LogP) is 3.00. The summed E-state index contributed by atoms with van der Waals surface area (Å²) in [5, 5.41) is 13.3. The van der Waals surface area contributed by atoms with Crippen molar-refractivity contribution in [2.24, 2.45) is 0 Å². The van der Waals surface area contributed by atoms with Gasteiger partial charge in [0.15, 0.2) is 5.69 Å². The number of amides is 1. The SMILES string of the molecule is Cc1nc(-c2cccc(NC(=O)c3n[nH]c4c3CNCC4)c2)oc1C.Cl. The van der Waals surface area contributed by atoms with Crippen LogP contribution >= 0.6 is 12.4 Å². The Kier molecular flexibility index (Phi) is 5.11. The summed E-state index contributed by atoms with van der Waals surface area (Å²) in [7, 11) is 0. The molecule has 1 amide bonds. The van der Waals surface area contributed by atoms with Crippen LogP contribution in [0.25, 0.3) is 11.5 Å². The van der Waals surface area contributed by atoms with Gasteiger partial charge in [-0.15, -0.1) is 12.4 Å². The molecule has 0 unspecified atom stereocenters. The Bertz CT molecular complexity index is 927. The molecule has 0 radical (unpaired) electrons. The second-order valence-corrected chi connectivity index (χ2v) is 6.15. The summed E-state index contributed by atoms with van der Waals surface area (Å²) in [6, 6.07) is 7.45. The molecule has 0 saturated heterocycles. The van der Waals surface area contributed by atoms with E-state index in [1.165, 1.54) is 0 Å². The molecular formula is C18H20ClN5O2. The molecule has 0 aliphatic carbocycles. The number of H-pyrrole nitrogens is 1. The summed E-state index contributed by atoms with van der Waals surface area (Å²) in [5.74, 6) is 1.12. The summed E-state index contributed by atoms with van der Waals surface area (Å²) in [5.41, 5.74) is 4.77. The lowest BCUT2D eigenvalue weighted by molar-refractivity contribution is 0.102. The highest BCUT2D eigenvalue weighted by Gasteiger charge is 2.21. The summed E-state index contributed by atoms with van der Waals surface area (Å²) >= 11 is 0. The quantitative estimate of drug-likeness (QED) is 0.655. The Balaban J connectivity index is 0.00000196. The zero-order valence-corrected chi connectivity index (χ0v) is 15.4. The number of fused-ring (bicyclic) bond motifs is 1. The number of rotatable bonds is 3. The Labute approximate surface area is 157 Å². The number of nitrogens with zero attached hydrogens (tertiary/aromatic N) is 2. The largest absolute Gasteiger partial charge is 0.441 e. The fraction of sp³-hybridized carbons (Fsp3) is 0.278. The molecule has 0 atom stereocenters. The van der Waals surface area contributed by atoms with Crippen molar-refractivity contribution in [2.45, 2.75) is 26.8 Å². The Morgan fingerprint density at radius 3 is 2.92 bits per heavy atom. The number of carbonyl (C=O) groups excluding carboxylic acids is 1. The van der Waals surface area contributed by atoms with Crippen LogP contribution in [0.2, 0.25) is 0 Å². The lowest BCUT2D eigenvalue weighted by atomic mass is 10.1. The van der Waals surface area contributed by atoms with Crippen molar-refractivity contribution >= 4 is 24.0 Å². The van der Waals surface area contributed by atoms with E-state index >= 15 is 0 Å². The monoisotopic (exact) mass is 373 g/mol. The standard InChI is InChI=1S/C18H19N5O2.ClH/c1-10-11(2)25-18(20-10)12-4-3-5-13(8-12)21-17(24)16-14-9-19-7-6-15(14)22-23-16;/h3-5,8,19H,6-7,9H2,1-2H3,(H,21,24)(H,22,23);1H. The van der Waals surface area contributed by atoms with E-state index in [9.17, 15) is 4.79 Å². The third-order valence-corrected chi connectivity index (χ3v) is 4.42. The van der Waals surface area contributed by atoms with Gasteiger partial charge in [-0.05, 0) is 32.0 Å². The number of benzene rings is 1. The molecule has 26 heavy (non-hydrogen) atoms. The van der Waals surface area contributed by atoms with Crippen molar-refractivity contribution in [1.82, 2.24) is 20.5 Å². The molecule has 0 spiro atoms. The molecule has 0 fully saturated rings. The van der Waals surface area contributed by atoms with Crippen molar-refractivity contribution in [3.63, 3.8) is 0 Å². The highest BCUT2D eigenvalue weighted by atomic mass is 35.5. The fourth-order valence-electron chi connectivity index (χ4n) is 2.93. The maximum absolute atomic E-state index is 12.6. The average molecular weight is 374 g/mol. The molecule has 0 bridgehead atoms. The fourth-order valence-corrected chi connectivity index (χ4v) is 2.93. The second-order valence-electron chi connectivity index (χ2n) is 6.15. The van der Waals surface area contributed by atoms with Crippen molar-refractivity contribution in [1.29, 1.82) is 0 Å². The number of oxazole rings is 1. The number of hydrogen-bond donors (Lipinski definition) is 3. The Morgan fingerprint density at radius 1 is 1.31 bits per heavy atom. The normalized spacial score (nSPS) is 13.0. The average Bonchev–Trinajstić information content (AvgIpc) is 3.19. The van der Waals surface area contributed by atoms with Gasteiger partial charge in [-0.2, -0.15) is 5.10 Å². The number of halogens is 1. The Hall–Kier alpha value is -2.64. The second kappa shape index (κ2) is 7.31. The van der Waals surface area contributed by atoms with Gasteiger partial charge in [0.1, 0.15) is 5.76 Å². The predicted molar refractivity (Wildman–Crippen MR) is 101 cm³/mol. The smallest absolute Gasteiger partial charge is 0.276 e. The van der Waals surface area contributed by atoms with Crippen molar-refractivity contribution in [3.05, 3.63) is 52.7 Å². The van der Waals surface area contributed by atoms with E-state index in [-0.39, 0.29) is 18.3 Å². The molecule has 8 heteroatoms. The molecule has 0 saturated carbocycles. The van der Waals surface area contributed by atoms with Crippen LogP contribution < -0.4 is 10.6 Å². The molecule has 1 aliphatic heterocycles. The van der Waals surface area contributed by atoms with Crippen LogP contribution in [-0.2, 0) is 13.0 Å². The lowest BCUT2D eigenvalue weighted by Crippen LogP contribution is -2.25. The highest BCUT2D eigenvalue weighted by molar-refractivity contribution is 6.04. The topological polar surface area (TPSA) is 95.8 Å². The van der Waals surface area contributed by atoms with Crippen LogP contribution in [-0.4, -0.2) is 27.6 Å². The minimum atomic E-state index is -0.224. The number of aromatic nitrogens is 3. The molecule has 2 aromatic heterocycles. The van der Waals surface area contributed by atoms with Gasteiger partial charge < -0.3 is 15.1 Å². The molecule has 3 N–H and O–H groups in total. The zero-order chi connectivity index (χ0) is 17.4. The summed E-state index contributed by atoms with van der Waals surface area (Å²) in [6.45, 7) is 5.34. The minimum absolute atomic E-state index is 0. The minimum Gasteiger partial charge on any atom is -0.441 e. The Morgan fingerprint density at radius 2 is 2.15 bits per heavy atom. The molecule has 3 aromatic rings. The van der Waals surface area contributed by atoms with E-state index in [2.05, 4.69) is 25.8 Å². The van der Waals surface area contributed by atoms with Crippen molar-refractivity contribution in [2.75, 3.05) is 11.9 Å². The molecule has 1 aromatic carbocycles. The van der Waals surface area contributed by atoms with Gasteiger partial charge in [-0.3, -0.25) is 9.89 Å². The van der Waals surface area contributed by atoms with Crippen LogP contribution in [0.1, 0.15) is 33.2 Å². The summed E-state index contributed by atoms with van der Waals surface area (Å²) < 4.78 is 5.66. The molecule has 136 valence electrons. The van der Waals surface area contributed by atoms with E-state index in [1.54, 1.807) is 0 Å². The molecule has 7 nitrogen and oxygen atoms in total. The number of nitrogens with one attached hydrogen (secondary N) is 3. The molecule has 1 aliphatic rings. The van der Waals surface area contributed by atoms with Crippen LogP contribution in [0.15, 0.2) is 28.7 Å². The van der Waals surface area contributed by atoms with E-state index < -0.39 is 0 Å². The summed E-state index contributed by atoms with van der Waals surface area (Å²) in [6.07, 6.45) is 0.855. The first-order valence-corrected chi connectivity index (χ1v) is 8.24. The lowest BCUT2D eigenvalue weighted by Gasteiger charge is -2.13. The first-order valence-electron chi connectivity index (χ1n) is 8.24. The van der Waals surface area contributed by atoms with Gasteiger partial charge in [0.05, 0.1) is 5.69 Å². The van der Waals surface area contributed by atoms with Crippen LogP contribution in [0.3, 0.4) is 0 Å². The van der Waals surface area contributed by atoms with E-state index in [0.29, 0.717) is 23.8 Å². The molecule has 4 rings (SSSR count). The maximum Gasteiger partial charge on any atom is 0.276 e. The first kappa shape index (κ1) is 18.2. The van der Waals surface area contributed by atoms with Crippen molar-refractivity contribution in [3.8, 4) is 11.5 Å². The van der Waals surface area contributed by atoms with Crippen molar-refractivity contribution < 1.29 is 9.21 Å². The van der Waals surface area contributed by atoms with E-state index in [4.69, 9.17) is 4.42 Å². The number of carbonyl (C=O) groups is 1.